The summed E-state index contributed by atoms with van der Waals surface area (Å²) in [5, 5.41) is 5.13. The molecule has 0 saturated carbocycles. The summed E-state index contributed by atoms with van der Waals surface area (Å²) in [4.78, 5) is 24.4. The number of carbonyl (C=O) groups is 2. The highest BCUT2D eigenvalue weighted by Gasteiger charge is 2.08. The molecule has 0 aliphatic carbocycles. The maximum absolute atomic E-state index is 11.7. The molecule has 0 atom stereocenters. The topological polar surface area (TPSA) is 55.4 Å². The molecule has 0 aliphatic heterocycles. The Balaban J connectivity index is 1.64. The lowest BCUT2D eigenvalue weighted by molar-refractivity contribution is -0.144. The number of halogens is 1. The Morgan fingerprint density at radius 1 is 1.27 bits per heavy atom. The molecule has 2 aromatic rings. The minimum absolute atomic E-state index is 0.225. The molecular formula is C15H14ClNO3S2. The summed E-state index contributed by atoms with van der Waals surface area (Å²) in [6, 6.07) is 10.8. The predicted octanol–water partition coefficient (Wildman–Crippen LogP) is 3.82. The van der Waals surface area contributed by atoms with Crippen molar-refractivity contribution in [1.82, 2.24) is 0 Å². The average molecular weight is 356 g/mol. The molecule has 0 saturated heterocycles. The second kappa shape index (κ2) is 8.82. The van der Waals surface area contributed by atoms with Crippen molar-refractivity contribution in [3.05, 3.63) is 51.7 Å². The van der Waals surface area contributed by atoms with E-state index in [0.717, 1.165) is 5.75 Å². The van der Waals surface area contributed by atoms with Gasteiger partial charge in [0.15, 0.2) is 6.61 Å². The van der Waals surface area contributed by atoms with Gasteiger partial charge in [0.25, 0.3) is 5.91 Å². The molecule has 1 aromatic heterocycles. The van der Waals surface area contributed by atoms with Crippen LogP contribution in [-0.2, 0) is 20.1 Å². The van der Waals surface area contributed by atoms with Gasteiger partial charge in [-0.1, -0.05) is 23.7 Å². The third-order valence-electron chi connectivity index (χ3n) is 2.52. The summed E-state index contributed by atoms with van der Waals surface area (Å²) in [6.45, 7) is -0.301. The van der Waals surface area contributed by atoms with Crippen LogP contribution in [0.1, 0.15) is 4.88 Å². The van der Waals surface area contributed by atoms with Crippen LogP contribution in [0.15, 0.2) is 41.8 Å². The van der Waals surface area contributed by atoms with E-state index in [1.54, 1.807) is 35.6 Å². The molecule has 0 unspecified atom stereocenters. The zero-order chi connectivity index (χ0) is 15.8. The van der Waals surface area contributed by atoms with Crippen LogP contribution in [0.5, 0.6) is 0 Å². The largest absolute Gasteiger partial charge is 0.455 e. The third kappa shape index (κ3) is 6.09. The molecular weight excluding hydrogens is 342 g/mol. The van der Waals surface area contributed by atoms with Gasteiger partial charge in [0.1, 0.15) is 0 Å². The molecule has 0 fully saturated rings. The summed E-state index contributed by atoms with van der Waals surface area (Å²) in [5.74, 6) is 0.200. The van der Waals surface area contributed by atoms with Crippen LogP contribution in [0.2, 0.25) is 5.02 Å². The number of ether oxygens (including phenoxy) is 1. The second-order valence-corrected chi connectivity index (χ2v) is 6.75. The molecule has 2 rings (SSSR count). The minimum atomic E-state index is -0.400. The van der Waals surface area contributed by atoms with E-state index in [-0.39, 0.29) is 18.3 Å². The maximum Gasteiger partial charge on any atom is 0.316 e. The first-order valence-corrected chi connectivity index (χ1v) is 8.86. The first-order valence-electron chi connectivity index (χ1n) is 6.44. The van der Waals surface area contributed by atoms with Gasteiger partial charge >= 0.3 is 5.97 Å². The van der Waals surface area contributed by atoms with Crippen molar-refractivity contribution in [2.24, 2.45) is 0 Å². The van der Waals surface area contributed by atoms with Crippen molar-refractivity contribution in [1.29, 1.82) is 0 Å². The molecule has 0 radical (unpaired) electrons. The molecule has 0 spiro atoms. The Kier molecular flexibility index (Phi) is 6.76. The fourth-order valence-electron chi connectivity index (χ4n) is 1.58. The van der Waals surface area contributed by atoms with Gasteiger partial charge in [-0.05, 0) is 29.6 Å². The van der Waals surface area contributed by atoms with Gasteiger partial charge in [-0.15, -0.1) is 23.1 Å². The first kappa shape index (κ1) is 16.9. The number of hydrogen-bond donors (Lipinski definition) is 1. The molecule has 116 valence electrons. The number of nitrogens with one attached hydrogen (secondary N) is 1. The lowest BCUT2D eigenvalue weighted by Crippen LogP contribution is -2.21. The monoisotopic (exact) mass is 355 g/mol. The summed E-state index contributed by atoms with van der Waals surface area (Å²) < 4.78 is 4.92. The Labute approximate surface area is 141 Å². The minimum Gasteiger partial charge on any atom is -0.455 e. The zero-order valence-electron chi connectivity index (χ0n) is 11.6. The molecule has 1 heterocycles. The molecule has 22 heavy (non-hydrogen) atoms. The van der Waals surface area contributed by atoms with Crippen LogP contribution in [0.3, 0.4) is 0 Å². The highest BCUT2D eigenvalue weighted by Crippen LogP contribution is 2.17. The lowest BCUT2D eigenvalue weighted by Gasteiger charge is -2.06. The van der Waals surface area contributed by atoms with E-state index in [0.29, 0.717) is 10.7 Å². The molecule has 7 heteroatoms. The molecule has 1 amide bonds. The highest BCUT2D eigenvalue weighted by molar-refractivity contribution is 7.99. The second-order valence-electron chi connectivity index (χ2n) is 4.29. The van der Waals surface area contributed by atoms with Gasteiger partial charge < -0.3 is 10.1 Å². The number of rotatable bonds is 7. The Morgan fingerprint density at radius 2 is 2.14 bits per heavy atom. The Hall–Kier alpha value is -1.50. The van der Waals surface area contributed by atoms with Crippen LogP contribution in [0.4, 0.5) is 5.69 Å². The van der Waals surface area contributed by atoms with Crippen LogP contribution in [-0.4, -0.2) is 24.2 Å². The van der Waals surface area contributed by atoms with Gasteiger partial charge in [0, 0.05) is 21.3 Å². The van der Waals surface area contributed by atoms with E-state index < -0.39 is 5.97 Å². The van der Waals surface area contributed by atoms with Crippen molar-refractivity contribution in [3.63, 3.8) is 0 Å². The van der Waals surface area contributed by atoms with Crippen LogP contribution < -0.4 is 5.32 Å². The van der Waals surface area contributed by atoms with E-state index in [4.69, 9.17) is 16.3 Å². The van der Waals surface area contributed by atoms with Gasteiger partial charge in [-0.25, -0.2) is 0 Å². The molecule has 4 nitrogen and oxygen atoms in total. The SMILES string of the molecule is O=C(COC(=O)CSCc1cccs1)Nc1cccc(Cl)c1. The van der Waals surface area contributed by atoms with Crippen molar-refractivity contribution >= 4 is 52.3 Å². The fraction of sp³-hybridized carbons (Fsp3) is 0.200. The van der Waals surface area contributed by atoms with Crippen molar-refractivity contribution in [2.75, 3.05) is 17.7 Å². The van der Waals surface area contributed by atoms with E-state index in [1.165, 1.54) is 16.6 Å². The molecule has 1 N–H and O–H groups in total. The quantitative estimate of drug-likeness (QED) is 0.767. The number of esters is 1. The van der Waals surface area contributed by atoms with E-state index in [2.05, 4.69) is 5.32 Å². The van der Waals surface area contributed by atoms with Crippen LogP contribution >= 0.6 is 34.7 Å². The number of anilines is 1. The predicted molar refractivity (Wildman–Crippen MR) is 91.5 cm³/mol. The van der Waals surface area contributed by atoms with E-state index in [9.17, 15) is 9.59 Å². The molecule has 1 aromatic carbocycles. The number of carbonyl (C=O) groups excluding carboxylic acids is 2. The van der Waals surface area contributed by atoms with Gasteiger partial charge in [-0.3, -0.25) is 9.59 Å². The van der Waals surface area contributed by atoms with Crippen molar-refractivity contribution < 1.29 is 14.3 Å². The van der Waals surface area contributed by atoms with Crippen molar-refractivity contribution in [2.45, 2.75) is 5.75 Å². The number of thioether (sulfide) groups is 1. The van der Waals surface area contributed by atoms with Gasteiger partial charge in [0.05, 0.1) is 5.75 Å². The fourth-order valence-corrected chi connectivity index (χ4v) is 3.43. The summed E-state index contributed by atoms with van der Waals surface area (Å²) in [5.41, 5.74) is 0.570. The van der Waals surface area contributed by atoms with E-state index in [1.807, 2.05) is 17.5 Å². The van der Waals surface area contributed by atoms with Crippen LogP contribution in [0.25, 0.3) is 0 Å². The number of hydrogen-bond acceptors (Lipinski definition) is 5. The standard InChI is InChI=1S/C15H14ClNO3S2/c16-11-3-1-4-12(7-11)17-14(18)8-20-15(19)10-21-9-13-5-2-6-22-13/h1-7H,8-10H2,(H,17,18). The number of amides is 1. The number of benzene rings is 1. The molecule has 0 aliphatic rings. The third-order valence-corrected chi connectivity index (χ3v) is 4.77. The van der Waals surface area contributed by atoms with E-state index >= 15 is 0 Å². The summed E-state index contributed by atoms with van der Waals surface area (Å²) in [6.07, 6.45) is 0. The normalized spacial score (nSPS) is 10.2. The molecule has 0 bridgehead atoms. The lowest BCUT2D eigenvalue weighted by atomic mass is 10.3. The van der Waals surface area contributed by atoms with Crippen molar-refractivity contribution in [3.8, 4) is 0 Å². The Morgan fingerprint density at radius 3 is 2.86 bits per heavy atom. The summed E-state index contributed by atoms with van der Waals surface area (Å²) in [7, 11) is 0. The highest BCUT2D eigenvalue weighted by atomic mass is 35.5. The maximum atomic E-state index is 11.7. The zero-order valence-corrected chi connectivity index (χ0v) is 14.0. The summed E-state index contributed by atoms with van der Waals surface area (Å²) >= 11 is 8.93. The number of thiophene rings is 1. The van der Waals surface area contributed by atoms with Gasteiger partial charge in [0.2, 0.25) is 0 Å². The average Bonchev–Trinajstić information content (AvgIpc) is 2.98. The van der Waals surface area contributed by atoms with Gasteiger partial charge in [-0.2, -0.15) is 0 Å². The first-order chi connectivity index (χ1) is 10.6. The smallest absolute Gasteiger partial charge is 0.316 e. The Bertz CT molecular complexity index is 631. The van der Waals surface area contributed by atoms with Crippen LogP contribution in [0, 0.1) is 0 Å².